The zero-order valence-corrected chi connectivity index (χ0v) is 4.39. The SMILES string of the molecule is C#CC1=C=CN=CC1. The van der Waals surface area contributed by atoms with Crippen LogP contribution in [0.25, 0.3) is 0 Å². The van der Waals surface area contributed by atoms with Gasteiger partial charge in [-0.1, -0.05) is 11.7 Å². The summed E-state index contributed by atoms with van der Waals surface area (Å²) in [7, 11) is 0. The first-order chi connectivity index (χ1) is 3.93. The molecule has 1 heteroatoms. The maximum absolute atomic E-state index is 5.07. The highest BCUT2D eigenvalue weighted by Crippen LogP contribution is 1.97. The first kappa shape index (κ1) is 4.90. The lowest BCUT2D eigenvalue weighted by Crippen LogP contribution is -1.81. The van der Waals surface area contributed by atoms with Crippen LogP contribution in [0.4, 0.5) is 0 Å². The molecule has 1 nitrogen and oxygen atoms in total. The molecule has 1 aliphatic rings. The van der Waals surface area contributed by atoms with Gasteiger partial charge in [0.15, 0.2) is 0 Å². The Kier molecular flexibility index (Phi) is 1.32. The van der Waals surface area contributed by atoms with E-state index in [1.54, 1.807) is 12.4 Å². The van der Waals surface area contributed by atoms with Crippen molar-refractivity contribution in [3.8, 4) is 12.3 Å². The summed E-state index contributed by atoms with van der Waals surface area (Å²) in [5, 5.41) is 0. The quantitative estimate of drug-likeness (QED) is 0.322. The molecule has 0 aromatic carbocycles. The largest absolute Gasteiger partial charge is 0.260 e. The minimum absolute atomic E-state index is 0.757. The molecule has 0 bridgehead atoms. The van der Waals surface area contributed by atoms with Gasteiger partial charge in [0.1, 0.15) is 0 Å². The van der Waals surface area contributed by atoms with Crippen LogP contribution in [-0.4, -0.2) is 6.21 Å². The van der Waals surface area contributed by atoms with Crippen LogP contribution >= 0.6 is 0 Å². The second-order valence-electron chi connectivity index (χ2n) is 1.43. The van der Waals surface area contributed by atoms with Gasteiger partial charge in [0.05, 0.1) is 11.8 Å². The minimum Gasteiger partial charge on any atom is -0.260 e. The highest BCUT2D eigenvalue weighted by molar-refractivity contribution is 5.65. The average molecular weight is 103 g/mol. The Morgan fingerprint density at radius 2 is 2.75 bits per heavy atom. The number of allylic oxidation sites excluding steroid dienone is 1. The number of hydrogen-bond donors (Lipinski definition) is 0. The normalized spacial score (nSPS) is 15.1. The van der Waals surface area contributed by atoms with Gasteiger partial charge in [0, 0.05) is 12.6 Å². The van der Waals surface area contributed by atoms with Crippen LogP contribution in [0.1, 0.15) is 6.42 Å². The predicted molar refractivity (Wildman–Crippen MR) is 33.5 cm³/mol. The molecular weight excluding hydrogens is 98.1 g/mol. The lowest BCUT2D eigenvalue weighted by Gasteiger charge is -1.89. The van der Waals surface area contributed by atoms with E-state index < -0.39 is 0 Å². The van der Waals surface area contributed by atoms with Gasteiger partial charge in [0.2, 0.25) is 0 Å². The first-order valence-electron chi connectivity index (χ1n) is 2.36. The van der Waals surface area contributed by atoms with Crippen LogP contribution in [-0.2, 0) is 0 Å². The van der Waals surface area contributed by atoms with E-state index in [9.17, 15) is 0 Å². The molecule has 0 aliphatic carbocycles. The maximum atomic E-state index is 5.07. The second-order valence-corrected chi connectivity index (χ2v) is 1.43. The lowest BCUT2D eigenvalue weighted by atomic mass is 10.2. The van der Waals surface area contributed by atoms with Gasteiger partial charge < -0.3 is 0 Å². The number of hydrogen-bond acceptors (Lipinski definition) is 1. The molecule has 0 N–H and O–H groups in total. The molecular formula is C7H5N. The predicted octanol–water partition coefficient (Wildman–Crippen LogP) is 1.13. The molecule has 0 atom stereocenters. The third kappa shape index (κ3) is 0.872. The topological polar surface area (TPSA) is 12.4 Å². The van der Waals surface area contributed by atoms with Crippen LogP contribution in [0.15, 0.2) is 22.5 Å². The summed E-state index contributed by atoms with van der Waals surface area (Å²) in [6.07, 6.45) is 9.18. The minimum atomic E-state index is 0.757. The average Bonchev–Trinajstić information content (AvgIpc) is 1.90. The van der Waals surface area contributed by atoms with Gasteiger partial charge in [-0.25, -0.2) is 0 Å². The third-order valence-electron chi connectivity index (χ3n) is 0.888. The van der Waals surface area contributed by atoms with Gasteiger partial charge >= 0.3 is 0 Å². The zero-order chi connectivity index (χ0) is 5.82. The maximum Gasteiger partial charge on any atom is 0.0692 e. The van der Waals surface area contributed by atoms with E-state index in [4.69, 9.17) is 6.42 Å². The zero-order valence-electron chi connectivity index (χ0n) is 4.39. The number of rotatable bonds is 0. The molecule has 0 radical (unpaired) electrons. The highest BCUT2D eigenvalue weighted by atomic mass is 14.7. The molecule has 0 aromatic rings. The van der Waals surface area contributed by atoms with Gasteiger partial charge in [-0.2, -0.15) is 0 Å². The molecule has 0 aromatic heterocycles. The fourth-order valence-corrected chi connectivity index (χ4v) is 0.471. The van der Waals surface area contributed by atoms with Crippen molar-refractivity contribution < 1.29 is 0 Å². The number of aliphatic imine (C=N–C) groups is 1. The Labute approximate surface area is 48.4 Å². The van der Waals surface area contributed by atoms with E-state index in [1.807, 2.05) is 0 Å². The molecule has 0 fully saturated rings. The van der Waals surface area contributed by atoms with Crippen LogP contribution in [0.5, 0.6) is 0 Å². The Balaban J connectivity index is 2.89. The first-order valence-corrected chi connectivity index (χ1v) is 2.36. The highest BCUT2D eigenvalue weighted by Gasteiger charge is 1.87. The summed E-state index contributed by atoms with van der Waals surface area (Å²) < 4.78 is 0. The van der Waals surface area contributed by atoms with Crippen molar-refractivity contribution in [2.75, 3.05) is 0 Å². The fraction of sp³-hybridized carbons (Fsp3) is 0.143. The van der Waals surface area contributed by atoms with Crippen LogP contribution in [0.3, 0.4) is 0 Å². The third-order valence-corrected chi connectivity index (χ3v) is 0.888. The van der Waals surface area contributed by atoms with Gasteiger partial charge in [0.25, 0.3) is 0 Å². The van der Waals surface area contributed by atoms with Crippen molar-refractivity contribution in [1.29, 1.82) is 0 Å². The number of nitrogens with zero attached hydrogens (tertiary/aromatic N) is 1. The molecule has 0 saturated carbocycles. The summed E-state index contributed by atoms with van der Waals surface area (Å²) in [6.45, 7) is 0. The van der Waals surface area contributed by atoms with Crippen molar-refractivity contribution in [3.63, 3.8) is 0 Å². The van der Waals surface area contributed by atoms with Crippen molar-refractivity contribution >= 4 is 6.21 Å². The molecule has 1 aliphatic heterocycles. The number of terminal acetylenes is 1. The van der Waals surface area contributed by atoms with Gasteiger partial charge in [-0.3, -0.25) is 4.99 Å². The summed E-state index contributed by atoms with van der Waals surface area (Å²) in [5.41, 5.74) is 3.70. The van der Waals surface area contributed by atoms with Crippen LogP contribution < -0.4 is 0 Å². The lowest BCUT2D eigenvalue weighted by molar-refractivity contribution is 1.36. The summed E-state index contributed by atoms with van der Waals surface area (Å²) in [4.78, 5) is 3.80. The molecule has 0 amide bonds. The van der Waals surface area contributed by atoms with E-state index in [0.717, 1.165) is 12.0 Å². The summed E-state index contributed by atoms with van der Waals surface area (Å²) in [5.74, 6) is 2.49. The Hall–Kier alpha value is -1.25. The van der Waals surface area contributed by atoms with E-state index in [1.165, 1.54) is 0 Å². The van der Waals surface area contributed by atoms with E-state index in [0.29, 0.717) is 0 Å². The van der Waals surface area contributed by atoms with Gasteiger partial charge in [-0.15, -0.1) is 6.42 Å². The second kappa shape index (κ2) is 2.16. The van der Waals surface area contributed by atoms with Crippen molar-refractivity contribution in [2.24, 2.45) is 4.99 Å². The van der Waals surface area contributed by atoms with Gasteiger partial charge in [-0.05, 0) is 0 Å². The summed E-state index contributed by atoms with van der Waals surface area (Å²) in [6, 6.07) is 0. The van der Waals surface area contributed by atoms with E-state index in [-0.39, 0.29) is 0 Å². The smallest absolute Gasteiger partial charge is 0.0692 e. The monoisotopic (exact) mass is 103 g/mol. The Morgan fingerprint density at radius 1 is 1.88 bits per heavy atom. The molecule has 0 saturated heterocycles. The van der Waals surface area contributed by atoms with Crippen molar-refractivity contribution in [2.45, 2.75) is 6.42 Å². The summed E-state index contributed by atoms with van der Waals surface area (Å²) >= 11 is 0. The molecule has 8 heavy (non-hydrogen) atoms. The van der Waals surface area contributed by atoms with Crippen LogP contribution in [0, 0.1) is 12.3 Å². The molecule has 0 unspecified atom stereocenters. The molecule has 0 spiro atoms. The molecule has 1 heterocycles. The van der Waals surface area contributed by atoms with Crippen LogP contribution in [0.2, 0.25) is 0 Å². The molecule has 38 valence electrons. The van der Waals surface area contributed by atoms with E-state index in [2.05, 4.69) is 16.6 Å². The van der Waals surface area contributed by atoms with E-state index >= 15 is 0 Å². The Morgan fingerprint density at radius 3 is 3.12 bits per heavy atom. The molecule has 1 rings (SSSR count). The van der Waals surface area contributed by atoms with Crippen molar-refractivity contribution in [1.82, 2.24) is 0 Å². The Bertz CT molecular complexity index is 209. The fourth-order valence-electron chi connectivity index (χ4n) is 0.471. The standard InChI is InChI=1S/C7H5N/c1-2-7-3-5-8-6-4-7/h1,5-6H,3H2. The van der Waals surface area contributed by atoms with Crippen molar-refractivity contribution in [3.05, 3.63) is 17.5 Å².